The molecule has 0 aliphatic carbocycles. The first-order chi connectivity index (χ1) is 13.6. The van der Waals surface area contributed by atoms with Crippen molar-refractivity contribution in [1.82, 2.24) is 10.2 Å². The Balaban J connectivity index is 1.35. The van der Waals surface area contributed by atoms with Crippen LogP contribution >= 0.6 is 11.9 Å². The van der Waals surface area contributed by atoms with Gasteiger partial charge in [-0.1, -0.05) is 35.5 Å². The summed E-state index contributed by atoms with van der Waals surface area (Å²) in [5.74, 6) is -0.233. The molecule has 4 rings (SSSR count). The van der Waals surface area contributed by atoms with Crippen molar-refractivity contribution in [3.8, 4) is 0 Å². The Morgan fingerprint density at radius 3 is 2.75 bits per heavy atom. The number of oxime groups is 1. The number of benzene rings is 1. The van der Waals surface area contributed by atoms with E-state index in [-0.39, 0.29) is 23.3 Å². The second-order valence-corrected chi connectivity index (χ2v) is 7.76. The van der Waals surface area contributed by atoms with Crippen molar-refractivity contribution in [2.24, 2.45) is 14.8 Å². The minimum absolute atomic E-state index is 0.0691. The fraction of sp³-hybridized carbons (Fsp3) is 0.421. The number of nitrogens with zero attached hydrogens (tertiary/aromatic N) is 4. The predicted octanol–water partition coefficient (Wildman–Crippen LogP) is 2.37. The third-order valence-electron chi connectivity index (χ3n) is 4.97. The van der Waals surface area contributed by atoms with Crippen molar-refractivity contribution in [2.75, 3.05) is 19.6 Å². The van der Waals surface area contributed by atoms with Gasteiger partial charge >= 0.3 is 0 Å². The van der Waals surface area contributed by atoms with Gasteiger partial charge in [-0.25, -0.2) is 0 Å². The zero-order valence-electron chi connectivity index (χ0n) is 15.5. The zero-order chi connectivity index (χ0) is 19.5. The van der Waals surface area contributed by atoms with Crippen molar-refractivity contribution in [3.05, 3.63) is 41.5 Å². The molecule has 0 fully saturated rings. The van der Waals surface area contributed by atoms with E-state index < -0.39 is 0 Å². The molecule has 0 spiro atoms. The fourth-order valence-electron chi connectivity index (χ4n) is 3.43. The lowest BCUT2D eigenvalue weighted by atomic mass is 9.96. The van der Waals surface area contributed by atoms with Crippen LogP contribution in [0, 0.1) is 0 Å². The Bertz CT molecular complexity index is 865. The molecule has 1 aromatic carbocycles. The van der Waals surface area contributed by atoms with Gasteiger partial charge in [0.05, 0.1) is 12.3 Å². The Hall–Kier alpha value is -2.52. The minimum Gasteiger partial charge on any atom is -0.390 e. The van der Waals surface area contributed by atoms with E-state index in [1.54, 1.807) is 0 Å². The van der Waals surface area contributed by atoms with Crippen LogP contribution in [-0.2, 0) is 14.4 Å². The maximum absolute atomic E-state index is 11.7. The third kappa shape index (κ3) is 4.15. The molecule has 1 aromatic rings. The van der Waals surface area contributed by atoms with E-state index in [0.29, 0.717) is 13.0 Å². The van der Waals surface area contributed by atoms with E-state index in [9.17, 15) is 9.59 Å². The molecule has 1 N–H and O–H groups in total. The highest BCUT2D eigenvalue weighted by Gasteiger charge is 2.32. The van der Waals surface area contributed by atoms with Crippen LogP contribution in [0.25, 0.3) is 5.57 Å². The smallest absolute Gasteiger partial charge is 0.294 e. The SMILES string of the molecule is CC(=O)NCC1CC(c2ccc(C3=CCN(C4SN=NC4=O)CC3)cc2)=NO1. The van der Waals surface area contributed by atoms with Crippen molar-refractivity contribution in [3.63, 3.8) is 0 Å². The predicted molar refractivity (Wildman–Crippen MR) is 107 cm³/mol. The zero-order valence-corrected chi connectivity index (χ0v) is 16.3. The fourth-order valence-corrected chi connectivity index (χ4v) is 4.11. The van der Waals surface area contributed by atoms with E-state index in [2.05, 4.69) is 55.3 Å². The molecule has 146 valence electrons. The number of nitrogens with one attached hydrogen (secondary N) is 1. The van der Waals surface area contributed by atoms with Crippen molar-refractivity contribution < 1.29 is 14.4 Å². The minimum atomic E-state index is -0.272. The molecule has 2 unspecified atom stereocenters. The number of rotatable bonds is 5. The number of carbonyl (C=O) groups is 2. The van der Waals surface area contributed by atoms with Gasteiger partial charge in [-0.3, -0.25) is 14.5 Å². The van der Waals surface area contributed by atoms with Gasteiger partial charge < -0.3 is 10.2 Å². The summed E-state index contributed by atoms with van der Waals surface area (Å²) in [6.45, 7) is 3.49. The molecule has 3 aliphatic rings. The van der Waals surface area contributed by atoms with E-state index in [1.165, 1.54) is 30.0 Å². The molecule has 3 heterocycles. The molecule has 28 heavy (non-hydrogen) atoms. The maximum atomic E-state index is 11.7. The Labute approximate surface area is 167 Å². The number of carbonyl (C=O) groups excluding carboxylic acids is 2. The average Bonchev–Trinajstić information content (AvgIpc) is 3.36. The number of hydrogen-bond acceptors (Lipinski definition) is 7. The molecule has 8 nitrogen and oxygen atoms in total. The summed E-state index contributed by atoms with van der Waals surface area (Å²) in [4.78, 5) is 30.2. The summed E-state index contributed by atoms with van der Waals surface area (Å²) < 4.78 is 3.76. The molecule has 9 heteroatoms. The van der Waals surface area contributed by atoms with Crippen molar-refractivity contribution in [2.45, 2.75) is 31.2 Å². The molecule has 3 aliphatic heterocycles. The highest BCUT2D eigenvalue weighted by molar-refractivity contribution is 7.99. The molecule has 0 bridgehead atoms. The highest BCUT2D eigenvalue weighted by Crippen LogP contribution is 2.30. The van der Waals surface area contributed by atoms with Crippen LogP contribution in [-0.4, -0.2) is 53.5 Å². The summed E-state index contributed by atoms with van der Waals surface area (Å²) in [5.41, 5.74) is 4.39. The van der Waals surface area contributed by atoms with Crippen LogP contribution in [0.3, 0.4) is 0 Å². The van der Waals surface area contributed by atoms with Gasteiger partial charge in [-0.2, -0.15) is 0 Å². The van der Waals surface area contributed by atoms with Crippen LogP contribution in [0.5, 0.6) is 0 Å². The monoisotopic (exact) mass is 399 g/mol. The lowest BCUT2D eigenvalue weighted by molar-refractivity contribution is -0.120. The van der Waals surface area contributed by atoms with Gasteiger partial charge in [0.25, 0.3) is 5.91 Å². The molecule has 0 saturated heterocycles. The lowest BCUT2D eigenvalue weighted by Crippen LogP contribution is -2.39. The molecule has 0 radical (unpaired) electrons. The molecule has 0 aromatic heterocycles. The Morgan fingerprint density at radius 1 is 1.32 bits per heavy atom. The topological polar surface area (TPSA) is 95.7 Å². The first-order valence-electron chi connectivity index (χ1n) is 9.22. The van der Waals surface area contributed by atoms with E-state index in [0.717, 1.165) is 30.8 Å². The molecule has 2 amide bonds. The normalized spacial score (nSPS) is 24.7. The van der Waals surface area contributed by atoms with Crippen LogP contribution in [0.15, 0.2) is 45.1 Å². The number of amides is 2. The second kappa shape index (κ2) is 8.24. The third-order valence-corrected chi connectivity index (χ3v) is 5.85. The van der Waals surface area contributed by atoms with Crippen molar-refractivity contribution >= 4 is 35.0 Å². The standard InChI is InChI=1S/C19H21N5O3S/c1-12(25)20-11-16-10-17(22-27-16)15-4-2-13(3-5-15)14-6-8-24(9-7-14)19-18(26)21-23-28-19/h2-6,16,19H,7-11H2,1H3,(H,20,25). The lowest BCUT2D eigenvalue weighted by Gasteiger charge is -2.28. The molecule has 2 atom stereocenters. The van der Waals surface area contributed by atoms with Gasteiger partial charge in [0.15, 0.2) is 5.37 Å². The quantitative estimate of drug-likeness (QED) is 0.767. The summed E-state index contributed by atoms with van der Waals surface area (Å²) in [6, 6.07) is 8.31. The van der Waals surface area contributed by atoms with E-state index in [1.807, 2.05) is 0 Å². The van der Waals surface area contributed by atoms with E-state index in [4.69, 9.17) is 4.84 Å². The maximum Gasteiger partial charge on any atom is 0.294 e. The van der Waals surface area contributed by atoms with Gasteiger partial charge in [-0.15, -0.1) is 9.63 Å². The van der Waals surface area contributed by atoms with Gasteiger partial charge in [-0.05, 0) is 23.1 Å². The van der Waals surface area contributed by atoms with Crippen LogP contribution in [0.4, 0.5) is 0 Å². The summed E-state index contributed by atoms with van der Waals surface area (Å²) in [7, 11) is 0. The first kappa shape index (κ1) is 18.8. The average molecular weight is 399 g/mol. The number of hydrogen-bond donors (Lipinski definition) is 1. The summed E-state index contributed by atoms with van der Waals surface area (Å²) in [6.07, 6.45) is 3.62. The van der Waals surface area contributed by atoms with Crippen LogP contribution in [0.1, 0.15) is 30.9 Å². The largest absolute Gasteiger partial charge is 0.390 e. The molecule has 0 saturated carbocycles. The second-order valence-electron chi connectivity index (χ2n) is 6.94. The van der Waals surface area contributed by atoms with Crippen molar-refractivity contribution in [1.29, 1.82) is 0 Å². The van der Waals surface area contributed by atoms with Crippen LogP contribution < -0.4 is 5.32 Å². The van der Waals surface area contributed by atoms with Gasteiger partial charge in [0, 0.05) is 38.4 Å². The Morgan fingerprint density at radius 2 is 2.11 bits per heavy atom. The van der Waals surface area contributed by atoms with Gasteiger partial charge in [0.1, 0.15) is 6.10 Å². The first-order valence-corrected chi connectivity index (χ1v) is 10.1. The van der Waals surface area contributed by atoms with E-state index >= 15 is 0 Å². The molecular formula is C19H21N5O3S. The van der Waals surface area contributed by atoms with Gasteiger partial charge in [0.2, 0.25) is 5.91 Å². The Kier molecular flexibility index (Phi) is 5.54. The van der Waals surface area contributed by atoms with Crippen LogP contribution in [0.2, 0.25) is 0 Å². The highest BCUT2D eigenvalue weighted by atomic mass is 32.2. The summed E-state index contributed by atoms with van der Waals surface area (Å²) >= 11 is 1.23. The molecular weight excluding hydrogens is 378 g/mol. The summed E-state index contributed by atoms with van der Waals surface area (Å²) in [5, 5.41) is 10.2.